The van der Waals surface area contributed by atoms with Crippen LogP contribution >= 0.6 is 0 Å². The Bertz CT molecular complexity index is 725. The van der Waals surface area contributed by atoms with Crippen molar-refractivity contribution in [3.05, 3.63) is 41.8 Å². The first-order valence-corrected chi connectivity index (χ1v) is 6.91. The van der Waals surface area contributed by atoms with Crippen LogP contribution in [0.25, 0.3) is 11.4 Å². The number of aromatic nitrogens is 2. The van der Waals surface area contributed by atoms with Crippen LogP contribution in [0, 0.1) is 0 Å². The standard InChI is InChI=1S/C16H17F2N3O2/c1-10(2)9-13(19-4)15-20-14(21-23-15)11-5-7-12(8-6-11)22-16(3,17)18/h5-9H,1-4H3. The lowest BCUT2D eigenvalue weighted by Crippen LogP contribution is -2.18. The third-order valence-electron chi connectivity index (χ3n) is 2.72. The van der Waals surface area contributed by atoms with E-state index in [1.807, 2.05) is 19.9 Å². The molecule has 1 aromatic carbocycles. The summed E-state index contributed by atoms with van der Waals surface area (Å²) in [6.45, 7) is 4.55. The normalized spacial score (nSPS) is 12.2. The first-order chi connectivity index (χ1) is 10.8. The van der Waals surface area contributed by atoms with E-state index >= 15 is 0 Å². The molecule has 23 heavy (non-hydrogen) atoms. The maximum atomic E-state index is 12.8. The average molecular weight is 321 g/mol. The number of ether oxygens (including phenoxy) is 1. The van der Waals surface area contributed by atoms with Crippen LogP contribution in [0.2, 0.25) is 0 Å². The van der Waals surface area contributed by atoms with E-state index in [2.05, 4.69) is 19.9 Å². The topological polar surface area (TPSA) is 60.5 Å². The number of alkyl halides is 2. The summed E-state index contributed by atoms with van der Waals surface area (Å²) in [4.78, 5) is 8.37. The highest BCUT2D eigenvalue weighted by molar-refractivity contribution is 6.05. The van der Waals surface area contributed by atoms with E-state index in [1.165, 1.54) is 12.1 Å². The highest BCUT2D eigenvalue weighted by Crippen LogP contribution is 2.24. The largest absolute Gasteiger partial charge is 0.433 e. The SMILES string of the molecule is CN=C(C=C(C)C)c1nc(-c2ccc(OC(C)(F)F)cc2)no1. The molecule has 5 nitrogen and oxygen atoms in total. The molecule has 2 aromatic rings. The predicted octanol–water partition coefficient (Wildman–Crippen LogP) is 4.11. The van der Waals surface area contributed by atoms with Crippen LogP contribution in [0.1, 0.15) is 26.7 Å². The van der Waals surface area contributed by atoms with Crippen molar-refractivity contribution in [3.63, 3.8) is 0 Å². The fourth-order valence-electron chi connectivity index (χ4n) is 1.82. The fraction of sp³-hybridized carbons (Fsp3) is 0.312. The molecule has 0 atom stereocenters. The molecule has 1 aromatic heterocycles. The van der Waals surface area contributed by atoms with Gasteiger partial charge in [-0.15, -0.1) is 0 Å². The van der Waals surface area contributed by atoms with Crippen molar-refractivity contribution in [1.82, 2.24) is 10.1 Å². The second-order valence-electron chi connectivity index (χ2n) is 5.19. The summed E-state index contributed by atoms with van der Waals surface area (Å²) in [6.07, 6.45) is -1.39. The van der Waals surface area contributed by atoms with Gasteiger partial charge in [-0.3, -0.25) is 4.99 Å². The zero-order valence-corrected chi connectivity index (χ0v) is 13.3. The highest BCUT2D eigenvalue weighted by Gasteiger charge is 2.23. The number of halogens is 2. The number of aliphatic imine (C=N–C) groups is 1. The molecule has 2 rings (SSSR count). The van der Waals surface area contributed by atoms with E-state index in [9.17, 15) is 8.78 Å². The van der Waals surface area contributed by atoms with Gasteiger partial charge >= 0.3 is 6.11 Å². The average Bonchev–Trinajstić information content (AvgIpc) is 2.93. The minimum absolute atomic E-state index is 0.0605. The van der Waals surface area contributed by atoms with Crippen molar-refractivity contribution in [2.75, 3.05) is 7.05 Å². The molecule has 7 heteroatoms. The number of benzene rings is 1. The summed E-state index contributed by atoms with van der Waals surface area (Å²) in [5.41, 5.74) is 2.25. The van der Waals surface area contributed by atoms with Gasteiger partial charge in [0.05, 0.1) is 0 Å². The van der Waals surface area contributed by atoms with E-state index < -0.39 is 6.11 Å². The van der Waals surface area contributed by atoms with Crippen molar-refractivity contribution < 1.29 is 18.0 Å². The summed E-state index contributed by atoms with van der Waals surface area (Å²) in [5.74, 6) is 0.701. The number of hydrogen-bond donors (Lipinski definition) is 0. The van der Waals surface area contributed by atoms with Gasteiger partial charge < -0.3 is 9.26 Å². The van der Waals surface area contributed by atoms with Crippen LogP contribution in [-0.4, -0.2) is 29.0 Å². The Kier molecular flexibility index (Phi) is 4.88. The van der Waals surface area contributed by atoms with E-state index in [0.29, 0.717) is 29.9 Å². The molecule has 0 N–H and O–H groups in total. The monoisotopic (exact) mass is 321 g/mol. The Hall–Kier alpha value is -2.57. The Balaban J connectivity index is 2.22. The van der Waals surface area contributed by atoms with Crippen LogP contribution in [0.5, 0.6) is 5.75 Å². The Morgan fingerprint density at radius 3 is 2.43 bits per heavy atom. The highest BCUT2D eigenvalue weighted by atomic mass is 19.3. The minimum atomic E-state index is -3.22. The molecular weight excluding hydrogens is 304 g/mol. The maximum absolute atomic E-state index is 12.8. The molecule has 0 fully saturated rings. The molecule has 0 aliphatic carbocycles. The maximum Gasteiger partial charge on any atom is 0.394 e. The zero-order valence-electron chi connectivity index (χ0n) is 13.3. The third kappa shape index (κ3) is 4.70. The molecule has 0 aliphatic rings. The molecule has 0 amide bonds. The van der Waals surface area contributed by atoms with E-state index in [1.54, 1.807) is 19.2 Å². The summed E-state index contributed by atoms with van der Waals surface area (Å²) >= 11 is 0. The first kappa shape index (κ1) is 16.8. The second kappa shape index (κ2) is 6.68. The van der Waals surface area contributed by atoms with Crippen LogP contribution in [-0.2, 0) is 0 Å². The predicted molar refractivity (Wildman–Crippen MR) is 82.9 cm³/mol. The molecule has 0 spiro atoms. The van der Waals surface area contributed by atoms with Gasteiger partial charge in [0.1, 0.15) is 11.5 Å². The minimum Gasteiger partial charge on any atom is -0.433 e. The lowest BCUT2D eigenvalue weighted by molar-refractivity contribution is -0.158. The van der Waals surface area contributed by atoms with Crippen molar-refractivity contribution in [2.24, 2.45) is 4.99 Å². The Labute approximate surface area is 132 Å². The molecule has 122 valence electrons. The number of hydrogen-bond acceptors (Lipinski definition) is 5. The first-order valence-electron chi connectivity index (χ1n) is 6.91. The van der Waals surface area contributed by atoms with Crippen molar-refractivity contribution >= 4 is 5.71 Å². The van der Waals surface area contributed by atoms with Gasteiger partial charge in [0.2, 0.25) is 5.82 Å². The van der Waals surface area contributed by atoms with Crippen LogP contribution < -0.4 is 4.74 Å². The lowest BCUT2D eigenvalue weighted by Gasteiger charge is -2.12. The van der Waals surface area contributed by atoms with Gasteiger partial charge in [0.15, 0.2) is 0 Å². The van der Waals surface area contributed by atoms with Crippen LogP contribution in [0.3, 0.4) is 0 Å². The van der Waals surface area contributed by atoms with Gasteiger partial charge in [-0.05, 0) is 44.2 Å². The van der Waals surface area contributed by atoms with Gasteiger partial charge in [-0.2, -0.15) is 13.8 Å². The smallest absolute Gasteiger partial charge is 0.394 e. The van der Waals surface area contributed by atoms with Crippen molar-refractivity contribution in [3.8, 4) is 17.1 Å². The Morgan fingerprint density at radius 2 is 1.91 bits per heavy atom. The Morgan fingerprint density at radius 1 is 1.26 bits per heavy atom. The van der Waals surface area contributed by atoms with Crippen molar-refractivity contribution in [1.29, 1.82) is 0 Å². The van der Waals surface area contributed by atoms with Gasteiger partial charge in [-0.1, -0.05) is 10.7 Å². The molecule has 1 heterocycles. The number of allylic oxidation sites excluding steroid dienone is 2. The van der Waals surface area contributed by atoms with E-state index in [4.69, 9.17) is 4.52 Å². The molecule has 0 saturated carbocycles. The zero-order chi connectivity index (χ0) is 17.0. The summed E-state index contributed by atoms with van der Waals surface area (Å²) in [5, 5.41) is 3.88. The molecule has 0 aliphatic heterocycles. The number of rotatable bonds is 5. The van der Waals surface area contributed by atoms with Crippen LogP contribution in [0.15, 0.2) is 45.4 Å². The molecule has 0 radical (unpaired) electrons. The molecular formula is C16H17F2N3O2. The van der Waals surface area contributed by atoms with Gasteiger partial charge in [-0.25, -0.2) is 0 Å². The third-order valence-corrected chi connectivity index (χ3v) is 2.72. The molecule has 0 bridgehead atoms. The summed E-state index contributed by atoms with van der Waals surface area (Å²) < 4.78 is 35.2. The van der Waals surface area contributed by atoms with Gasteiger partial charge in [0, 0.05) is 19.5 Å². The number of nitrogens with zero attached hydrogens (tertiary/aromatic N) is 3. The van der Waals surface area contributed by atoms with E-state index in [0.717, 1.165) is 5.57 Å². The second-order valence-corrected chi connectivity index (χ2v) is 5.19. The van der Waals surface area contributed by atoms with Crippen LogP contribution in [0.4, 0.5) is 8.78 Å². The lowest BCUT2D eigenvalue weighted by atomic mass is 10.2. The molecule has 0 unspecified atom stereocenters. The van der Waals surface area contributed by atoms with Gasteiger partial charge in [0.25, 0.3) is 5.89 Å². The summed E-state index contributed by atoms with van der Waals surface area (Å²) in [6, 6.07) is 6.01. The quantitative estimate of drug-likeness (QED) is 0.777. The molecule has 0 saturated heterocycles. The fourth-order valence-corrected chi connectivity index (χ4v) is 1.82. The van der Waals surface area contributed by atoms with Crippen molar-refractivity contribution in [2.45, 2.75) is 26.9 Å². The summed E-state index contributed by atoms with van der Waals surface area (Å²) in [7, 11) is 1.63. The van der Waals surface area contributed by atoms with E-state index in [-0.39, 0.29) is 5.75 Å².